The van der Waals surface area contributed by atoms with Gasteiger partial charge in [-0.3, -0.25) is 0 Å². The lowest BCUT2D eigenvalue weighted by Crippen LogP contribution is -2.44. The molecule has 0 bridgehead atoms. The standard InChI is InChI=1S/C11H23NO2/c1-10(13)8-12(2)9-11(14)6-4-3-5-7-11/h10,13-14H,3-9H2,1-2H3. The molecule has 0 aromatic rings. The first kappa shape index (κ1) is 12.0. The van der Waals surface area contributed by atoms with Gasteiger partial charge < -0.3 is 15.1 Å². The smallest absolute Gasteiger partial charge is 0.0774 e. The maximum atomic E-state index is 10.2. The van der Waals surface area contributed by atoms with E-state index in [4.69, 9.17) is 0 Å². The second kappa shape index (κ2) is 5.10. The van der Waals surface area contributed by atoms with Crippen LogP contribution in [0.2, 0.25) is 0 Å². The molecule has 84 valence electrons. The molecule has 1 fully saturated rings. The minimum absolute atomic E-state index is 0.313. The van der Waals surface area contributed by atoms with Crippen LogP contribution in [0.4, 0.5) is 0 Å². The van der Waals surface area contributed by atoms with Gasteiger partial charge in [0.15, 0.2) is 0 Å². The Kier molecular flexibility index (Phi) is 4.35. The molecule has 0 amide bonds. The Hall–Kier alpha value is -0.120. The number of aliphatic hydroxyl groups is 2. The summed E-state index contributed by atoms with van der Waals surface area (Å²) in [6.45, 7) is 3.11. The van der Waals surface area contributed by atoms with Gasteiger partial charge in [-0.25, -0.2) is 0 Å². The molecule has 1 rings (SSSR count). The van der Waals surface area contributed by atoms with Crippen LogP contribution in [-0.4, -0.2) is 47.0 Å². The molecule has 3 nitrogen and oxygen atoms in total. The van der Waals surface area contributed by atoms with Gasteiger partial charge >= 0.3 is 0 Å². The summed E-state index contributed by atoms with van der Waals surface area (Å²) in [6, 6.07) is 0. The lowest BCUT2D eigenvalue weighted by molar-refractivity contribution is -0.0268. The molecule has 0 saturated heterocycles. The Bertz CT molecular complexity index is 165. The maximum Gasteiger partial charge on any atom is 0.0774 e. The van der Waals surface area contributed by atoms with Crippen molar-refractivity contribution in [2.45, 2.75) is 50.7 Å². The zero-order valence-electron chi connectivity index (χ0n) is 9.37. The van der Waals surface area contributed by atoms with E-state index in [0.29, 0.717) is 13.1 Å². The zero-order valence-corrected chi connectivity index (χ0v) is 9.37. The number of hydrogen-bond acceptors (Lipinski definition) is 3. The van der Waals surface area contributed by atoms with Gasteiger partial charge in [0.25, 0.3) is 0 Å². The van der Waals surface area contributed by atoms with Crippen molar-refractivity contribution < 1.29 is 10.2 Å². The molecule has 1 unspecified atom stereocenters. The maximum absolute atomic E-state index is 10.2. The number of hydrogen-bond donors (Lipinski definition) is 2. The zero-order chi connectivity index (χ0) is 10.6. The molecule has 1 aliphatic rings. The lowest BCUT2D eigenvalue weighted by atomic mass is 9.84. The van der Waals surface area contributed by atoms with E-state index in [-0.39, 0.29) is 6.10 Å². The first-order valence-corrected chi connectivity index (χ1v) is 5.61. The number of aliphatic hydroxyl groups excluding tert-OH is 1. The van der Waals surface area contributed by atoms with Crippen molar-refractivity contribution in [3.63, 3.8) is 0 Å². The van der Waals surface area contributed by atoms with E-state index in [1.54, 1.807) is 6.92 Å². The average molecular weight is 201 g/mol. The molecule has 0 aromatic heterocycles. The number of nitrogens with zero attached hydrogens (tertiary/aromatic N) is 1. The fourth-order valence-corrected chi connectivity index (χ4v) is 2.39. The van der Waals surface area contributed by atoms with Crippen molar-refractivity contribution in [1.29, 1.82) is 0 Å². The van der Waals surface area contributed by atoms with E-state index >= 15 is 0 Å². The number of likely N-dealkylation sites (N-methyl/N-ethyl adjacent to an activating group) is 1. The molecule has 0 aromatic carbocycles. The van der Waals surface area contributed by atoms with Crippen molar-refractivity contribution in [1.82, 2.24) is 4.90 Å². The highest BCUT2D eigenvalue weighted by Crippen LogP contribution is 2.28. The molecule has 3 heteroatoms. The Morgan fingerprint density at radius 1 is 1.29 bits per heavy atom. The van der Waals surface area contributed by atoms with E-state index in [9.17, 15) is 10.2 Å². The summed E-state index contributed by atoms with van der Waals surface area (Å²) >= 11 is 0. The molecular formula is C11H23NO2. The van der Waals surface area contributed by atoms with Crippen LogP contribution in [0.3, 0.4) is 0 Å². The molecule has 0 spiro atoms. The molecule has 0 radical (unpaired) electrons. The Balaban J connectivity index is 2.33. The van der Waals surface area contributed by atoms with Crippen LogP contribution in [0.15, 0.2) is 0 Å². The van der Waals surface area contributed by atoms with Gasteiger partial charge in [-0.2, -0.15) is 0 Å². The van der Waals surface area contributed by atoms with Crippen molar-refractivity contribution in [3.8, 4) is 0 Å². The Morgan fingerprint density at radius 2 is 1.86 bits per heavy atom. The predicted octanol–water partition coefficient (Wildman–Crippen LogP) is 0.994. The first-order chi connectivity index (χ1) is 6.52. The largest absolute Gasteiger partial charge is 0.392 e. The highest BCUT2D eigenvalue weighted by Gasteiger charge is 2.30. The SMILES string of the molecule is CC(O)CN(C)CC1(O)CCCCC1. The Morgan fingerprint density at radius 3 is 2.36 bits per heavy atom. The van der Waals surface area contributed by atoms with Crippen LogP contribution in [-0.2, 0) is 0 Å². The third-order valence-corrected chi connectivity index (χ3v) is 2.92. The highest BCUT2D eigenvalue weighted by molar-refractivity contribution is 4.85. The minimum Gasteiger partial charge on any atom is -0.392 e. The second-order valence-electron chi connectivity index (χ2n) is 4.83. The van der Waals surface area contributed by atoms with Gasteiger partial charge in [0.1, 0.15) is 0 Å². The third kappa shape index (κ3) is 3.95. The van der Waals surface area contributed by atoms with Gasteiger partial charge in [0.2, 0.25) is 0 Å². The summed E-state index contributed by atoms with van der Waals surface area (Å²) in [5.41, 5.74) is -0.498. The fourth-order valence-electron chi connectivity index (χ4n) is 2.39. The fraction of sp³-hybridized carbons (Fsp3) is 1.00. The third-order valence-electron chi connectivity index (χ3n) is 2.92. The van der Waals surface area contributed by atoms with Crippen LogP contribution in [0.5, 0.6) is 0 Å². The normalized spacial score (nSPS) is 23.8. The predicted molar refractivity (Wildman–Crippen MR) is 57.2 cm³/mol. The summed E-state index contributed by atoms with van der Waals surface area (Å²) < 4.78 is 0. The first-order valence-electron chi connectivity index (χ1n) is 5.61. The van der Waals surface area contributed by atoms with Crippen molar-refractivity contribution in [2.75, 3.05) is 20.1 Å². The van der Waals surface area contributed by atoms with Crippen LogP contribution < -0.4 is 0 Å². The molecule has 2 N–H and O–H groups in total. The molecule has 1 atom stereocenters. The molecule has 0 heterocycles. The Labute approximate surface area is 86.7 Å². The number of rotatable bonds is 4. The molecule has 1 aliphatic carbocycles. The summed E-state index contributed by atoms with van der Waals surface area (Å²) in [6.07, 6.45) is 5.04. The van der Waals surface area contributed by atoms with Gasteiger partial charge in [-0.15, -0.1) is 0 Å². The van der Waals surface area contributed by atoms with Crippen LogP contribution in [0.1, 0.15) is 39.0 Å². The van der Waals surface area contributed by atoms with Crippen LogP contribution in [0.25, 0.3) is 0 Å². The van der Waals surface area contributed by atoms with Crippen molar-refractivity contribution in [2.24, 2.45) is 0 Å². The summed E-state index contributed by atoms with van der Waals surface area (Å²) in [5, 5.41) is 19.4. The quantitative estimate of drug-likeness (QED) is 0.713. The van der Waals surface area contributed by atoms with E-state index in [2.05, 4.69) is 0 Å². The minimum atomic E-state index is -0.498. The highest BCUT2D eigenvalue weighted by atomic mass is 16.3. The lowest BCUT2D eigenvalue weighted by Gasteiger charge is -2.35. The van der Waals surface area contributed by atoms with Gasteiger partial charge in [0.05, 0.1) is 11.7 Å². The second-order valence-corrected chi connectivity index (χ2v) is 4.83. The molecule has 0 aliphatic heterocycles. The molecule has 1 saturated carbocycles. The summed E-state index contributed by atoms with van der Waals surface area (Å²) in [5.74, 6) is 0. The summed E-state index contributed by atoms with van der Waals surface area (Å²) in [4.78, 5) is 2.02. The van der Waals surface area contributed by atoms with Crippen LogP contribution >= 0.6 is 0 Å². The van der Waals surface area contributed by atoms with E-state index in [1.807, 2.05) is 11.9 Å². The average Bonchev–Trinajstić information content (AvgIpc) is 2.02. The topological polar surface area (TPSA) is 43.7 Å². The van der Waals surface area contributed by atoms with E-state index in [1.165, 1.54) is 6.42 Å². The molecule has 14 heavy (non-hydrogen) atoms. The van der Waals surface area contributed by atoms with Crippen molar-refractivity contribution >= 4 is 0 Å². The van der Waals surface area contributed by atoms with Crippen molar-refractivity contribution in [3.05, 3.63) is 0 Å². The van der Waals surface area contributed by atoms with Gasteiger partial charge in [-0.1, -0.05) is 19.3 Å². The van der Waals surface area contributed by atoms with E-state index in [0.717, 1.165) is 25.7 Å². The van der Waals surface area contributed by atoms with Gasteiger partial charge in [0, 0.05) is 13.1 Å². The van der Waals surface area contributed by atoms with Gasteiger partial charge in [-0.05, 0) is 26.8 Å². The van der Waals surface area contributed by atoms with Crippen LogP contribution in [0, 0.1) is 0 Å². The summed E-state index contributed by atoms with van der Waals surface area (Å²) in [7, 11) is 1.96. The molecular weight excluding hydrogens is 178 g/mol. The van der Waals surface area contributed by atoms with E-state index < -0.39 is 5.60 Å². The monoisotopic (exact) mass is 201 g/mol.